The van der Waals surface area contributed by atoms with E-state index < -0.39 is 10.0 Å². The predicted octanol–water partition coefficient (Wildman–Crippen LogP) is 1.46. The largest absolute Gasteiger partial charge is 0.398 e. The summed E-state index contributed by atoms with van der Waals surface area (Å²) in [5.41, 5.74) is 6.86. The molecule has 1 saturated heterocycles. The summed E-state index contributed by atoms with van der Waals surface area (Å²) < 4.78 is 27.1. The van der Waals surface area contributed by atoms with Gasteiger partial charge < -0.3 is 10.6 Å². The second-order valence-electron chi connectivity index (χ2n) is 5.39. The molecule has 2 rings (SSSR count). The maximum Gasteiger partial charge on any atom is 0.240 e. The molecular weight excluding hydrogens is 298 g/mol. The highest BCUT2D eigenvalue weighted by atomic mass is 35.5. The van der Waals surface area contributed by atoms with E-state index in [9.17, 15) is 8.42 Å². The van der Waals surface area contributed by atoms with Crippen LogP contribution in [-0.2, 0) is 10.0 Å². The van der Waals surface area contributed by atoms with Crippen LogP contribution in [0.2, 0.25) is 5.02 Å². The fourth-order valence-corrected chi connectivity index (χ4v) is 3.80. The average Bonchev–Trinajstić information content (AvgIpc) is 2.79. The quantitative estimate of drug-likeness (QED) is 0.824. The predicted molar refractivity (Wildman–Crippen MR) is 81.4 cm³/mol. The Morgan fingerprint density at radius 2 is 2.20 bits per heavy atom. The zero-order valence-electron chi connectivity index (χ0n) is 11.7. The number of nitrogens with two attached hydrogens (primary N) is 1. The van der Waals surface area contributed by atoms with E-state index in [0.29, 0.717) is 28.7 Å². The summed E-state index contributed by atoms with van der Waals surface area (Å²) in [7, 11) is -1.52. The molecular formula is C13H20ClN3O2S. The van der Waals surface area contributed by atoms with Gasteiger partial charge in [0, 0.05) is 23.8 Å². The number of likely N-dealkylation sites (tertiary alicyclic amines) is 1. The van der Waals surface area contributed by atoms with Crippen LogP contribution in [0, 0.1) is 12.8 Å². The molecule has 0 radical (unpaired) electrons. The molecule has 1 aliphatic rings. The Balaban J connectivity index is 2.10. The van der Waals surface area contributed by atoms with E-state index in [1.54, 1.807) is 6.92 Å². The minimum absolute atomic E-state index is 0.122. The van der Waals surface area contributed by atoms with Crippen molar-refractivity contribution in [1.82, 2.24) is 9.62 Å². The van der Waals surface area contributed by atoms with Crippen LogP contribution in [0.4, 0.5) is 5.69 Å². The first kappa shape index (κ1) is 15.6. The van der Waals surface area contributed by atoms with Crippen LogP contribution in [0.3, 0.4) is 0 Å². The molecule has 1 aromatic rings. The molecule has 20 heavy (non-hydrogen) atoms. The van der Waals surface area contributed by atoms with E-state index in [1.165, 1.54) is 12.1 Å². The minimum atomic E-state index is -3.56. The second kappa shape index (κ2) is 5.89. The molecule has 0 amide bonds. The molecule has 112 valence electrons. The number of benzene rings is 1. The number of nitrogen functional groups attached to an aromatic ring is 1. The van der Waals surface area contributed by atoms with Crippen LogP contribution in [-0.4, -0.2) is 40.0 Å². The van der Waals surface area contributed by atoms with Gasteiger partial charge in [0.25, 0.3) is 0 Å². The molecule has 1 aromatic carbocycles. The summed E-state index contributed by atoms with van der Waals surface area (Å²) in [6, 6.07) is 2.89. The van der Waals surface area contributed by atoms with Crippen molar-refractivity contribution in [3.05, 3.63) is 22.7 Å². The molecule has 7 heteroatoms. The van der Waals surface area contributed by atoms with Gasteiger partial charge in [-0.25, -0.2) is 13.1 Å². The minimum Gasteiger partial charge on any atom is -0.398 e. The average molecular weight is 318 g/mol. The molecule has 1 aliphatic heterocycles. The third-order valence-corrected chi connectivity index (χ3v) is 5.51. The molecule has 0 bridgehead atoms. The SMILES string of the molecule is Cc1c(N)cc(S(=O)(=O)NCC2CCN(C)C2)cc1Cl. The van der Waals surface area contributed by atoms with Crippen LogP contribution in [0.25, 0.3) is 0 Å². The topological polar surface area (TPSA) is 75.4 Å². The highest BCUT2D eigenvalue weighted by Crippen LogP contribution is 2.26. The fourth-order valence-electron chi connectivity index (χ4n) is 2.33. The van der Waals surface area contributed by atoms with Gasteiger partial charge in [-0.1, -0.05) is 11.6 Å². The molecule has 0 saturated carbocycles. The first-order chi connectivity index (χ1) is 9.29. The Labute approximate surface area is 125 Å². The highest BCUT2D eigenvalue weighted by Gasteiger charge is 2.23. The molecule has 0 spiro atoms. The lowest BCUT2D eigenvalue weighted by atomic mass is 10.1. The van der Waals surface area contributed by atoms with E-state index in [4.69, 9.17) is 17.3 Å². The number of nitrogens with zero attached hydrogens (tertiary/aromatic N) is 1. The van der Waals surface area contributed by atoms with Gasteiger partial charge in [0.05, 0.1) is 4.90 Å². The van der Waals surface area contributed by atoms with Crippen LogP contribution in [0.1, 0.15) is 12.0 Å². The summed E-state index contributed by atoms with van der Waals surface area (Å²) in [6.45, 7) is 4.13. The van der Waals surface area contributed by atoms with Crippen molar-refractivity contribution in [2.75, 3.05) is 32.4 Å². The third kappa shape index (κ3) is 3.44. The van der Waals surface area contributed by atoms with Crippen molar-refractivity contribution >= 4 is 27.3 Å². The van der Waals surface area contributed by atoms with Crippen LogP contribution >= 0.6 is 11.6 Å². The Morgan fingerprint density at radius 3 is 2.75 bits per heavy atom. The van der Waals surface area contributed by atoms with Gasteiger partial charge in [0.1, 0.15) is 0 Å². The van der Waals surface area contributed by atoms with Crippen LogP contribution < -0.4 is 10.5 Å². The van der Waals surface area contributed by atoms with E-state index in [0.717, 1.165) is 19.5 Å². The molecule has 1 atom stereocenters. The summed E-state index contributed by atoms with van der Waals surface area (Å²) in [6.07, 6.45) is 1.01. The Kier molecular flexibility index (Phi) is 4.59. The number of hydrogen-bond donors (Lipinski definition) is 2. The number of halogens is 1. The van der Waals surface area contributed by atoms with Gasteiger partial charge in [0.2, 0.25) is 10.0 Å². The fraction of sp³-hybridized carbons (Fsp3) is 0.538. The van der Waals surface area contributed by atoms with Gasteiger partial charge in [-0.15, -0.1) is 0 Å². The molecule has 1 heterocycles. The van der Waals surface area contributed by atoms with E-state index in [-0.39, 0.29) is 4.90 Å². The van der Waals surface area contributed by atoms with Gasteiger partial charge in [-0.2, -0.15) is 0 Å². The monoisotopic (exact) mass is 317 g/mol. The zero-order valence-corrected chi connectivity index (χ0v) is 13.3. The van der Waals surface area contributed by atoms with Gasteiger partial charge in [0.15, 0.2) is 0 Å². The van der Waals surface area contributed by atoms with Crippen molar-refractivity contribution in [2.24, 2.45) is 5.92 Å². The number of rotatable bonds is 4. The number of anilines is 1. The normalized spacial score (nSPS) is 20.4. The first-order valence-electron chi connectivity index (χ1n) is 6.53. The molecule has 0 aliphatic carbocycles. The summed E-state index contributed by atoms with van der Waals surface area (Å²) >= 11 is 5.99. The smallest absolute Gasteiger partial charge is 0.240 e. The van der Waals surface area contributed by atoms with Crippen molar-refractivity contribution in [2.45, 2.75) is 18.2 Å². The van der Waals surface area contributed by atoms with Gasteiger partial charge in [-0.3, -0.25) is 0 Å². The van der Waals surface area contributed by atoms with Crippen molar-refractivity contribution < 1.29 is 8.42 Å². The number of hydrogen-bond acceptors (Lipinski definition) is 4. The second-order valence-corrected chi connectivity index (χ2v) is 7.56. The number of sulfonamides is 1. The Bertz CT molecular complexity index is 581. The maximum atomic E-state index is 12.2. The van der Waals surface area contributed by atoms with Crippen molar-refractivity contribution in [3.8, 4) is 0 Å². The van der Waals surface area contributed by atoms with E-state index >= 15 is 0 Å². The highest BCUT2D eigenvalue weighted by molar-refractivity contribution is 7.89. The Morgan fingerprint density at radius 1 is 1.50 bits per heavy atom. The van der Waals surface area contributed by atoms with Gasteiger partial charge >= 0.3 is 0 Å². The lowest BCUT2D eigenvalue weighted by Gasteiger charge is -2.13. The Hall–Kier alpha value is -0.820. The summed E-state index contributed by atoms with van der Waals surface area (Å²) in [5.74, 6) is 0.355. The lowest BCUT2D eigenvalue weighted by Crippen LogP contribution is -2.30. The first-order valence-corrected chi connectivity index (χ1v) is 8.39. The molecule has 5 nitrogen and oxygen atoms in total. The third-order valence-electron chi connectivity index (χ3n) is 3.72. The maximum absolute atomic E-state index is 12.2. The van der Waals surface area contributed by atoms with E-state index in [2.05, 4.69) is 9.62 Å². The molecule has 0 aromatic heterocycles. The lowest BCUT2D eigenvalue weighted by molar-refractivity contribution is 0.394. The molecule has 3 N–H and O–H groups in total. The standard InChI is InChI=1S/C13H20ClN3O2S/c1-9-12(14)5-11(6-13(9)15)20(18,19)16-7-10-3-4-17(2)8-10/h5-6,10,16H,3-4,7-8,15H2,1-2H3. The zero-order chi connectivity index (χ0) is 14.9. The van der Waals surface area contributed by atoms with Crippen LogP contribution in [0.5, 0.6) is 0 Å². The summed E-state index contributed by atoms with van der Waals surface area (Å²) in [5, 5.41) is 0.367. The molecule has 1 fully saturated rings. The molecule has 1 unspecified atom stereocenters. The van der Waals surface area contributed by atoms with Crippen LogP contribution in [0.15, 0.2) is 17.0 Å². The van der Waals surface area contributed by atoms with Crippen molar-refractivity contribution in [3.63, 3.8) is 0 Å². The van der Waals surface area contributed by atoms with Gasteiger partial charge in [-0.05, 0) is 50.6 Å². The number of nitrogens with one attached hydrogen (secondary N) is 1. The van der Waals surface area contributed by atoms with Crippen molar-refractivity contribution in [1.29, 1.82) is 0 Å². The van der Waals surface area contributed by atoms with E-state index in [1.807, 2.05) is 7.05 Å². The summed E-state index contributed by atoms with van der Waals surface area (Å²) in [4.78, 5) is 2.32.